The Bertz CT molecular complexity index is 754. The molecule has 3 nitrogen and oxygen atoms in total. The molecule has 0 saturated carbocycles. The van der Waals surface area contributed by atoms with Crippen LogP contribution in [0.25, 0.3) is 11.1 Å². The van der Waals surface area contributed by atoms with Crippen LogP contribution in [0, 0.1) is 0 Å². The first-order valence-corrected chi connectivity index (χ1v) is 6.72. The Hall–Kier alpha value is -2.94. The predicted molar refractivity (Wildman–Crippen MR) is 87.2 cm³/mol. The molecule has 0 radical (unpaired) electrons. The molecular formula is C18H16N2O. The summed E-state index contributed by atoms with van der Waals surface area (Å²) in [6.07, 6.45) is 0. The largest absolute Gasteiger partial charge is 0.454 e. The Morgan fingerprint density at radius 1 is 0.571 bits per heavy atom. The fourth-order valence-corrected chi connectivity index (χ4v) is 2.24. The molecule has 0 unspecified atom stereocenters. The van der Waals surface area contributed by atoms with Crippen molar-refractivity contribution in [2.45, 2.75) is 0 Å². The van der Waals surface area contributed by atoms with Gasteiger partial charge in [-0.25, -0.2) is 0 Å². The highest BCUT2D eigenvalue weighted by Gasteiger charge is 2.11. The Labute approximate surface area is 123 Å². The lowest BCUT2D eigenvalue weighted by Crippen LogP contribution is -1.96. The van der Waals surface area contributed by atoms with E-state index in [0.29, 0.717) is 22.9 Å². The molecule has 0 spiro atoms. The molecule has 3 heteroatoms. The second kappa shape index (κ2) is 5.59. The number of hydrogen-bond acceptors (Lipinski definition) is 3. The van der Waals surface area contributed by atoms with E-state index >= 15 is 0 Å². The zero-order valence-corrected chi connectivity index (χ0v) is 11.5. The van der Waals surface area contributed by atoms with Gasteiger partial charge in [0.05, 0.1) is 5.69 Å². The molecule has 0 bridgehead atoms. The van der Waals surface area contributed by atoms with Crippen LogP contribution in [0.1, 0.15) is 0 Å². The third-order valence-corrected chi connectivity index (χ3v) is 3.26. The fourth-order valence-electron chi connectivity index (χ4n) is 2.24. The van der Waals surface area contributed by atoms with Gasteiger partial charge in [0, 0.05) is 11.3 Å². The quantitative estimate of drug-likeness (QED) is 0.701. The number of benzene rings is 3. The highest BCUT2D eigenvalue weighted by atomic mass is 16.5. The Kier molecular flexibility index (Phi) is 3.48. The monoisotopic (exact) mass is 276 g/mol. The molecule has 0 aliphatic carbocycles. The van der Waals surface area contributed by atoms with E-state index in [1.54, 1.807) is 0 Å². The lowest BCUT2D eigenvalue weighted by atomic mass is 10.0. The van der Waals surface area contributed by atoms with Crippen molar-refractivity contribution < 1.29 is 4.74 Å². The van der Waals surface area contributed by atoms with Crippen LogP contribution in [0.15, 0.2) is 72.8 Å². The summed E-state index contributed by atoms with van der Waals surface area (Å²) >= 11 is 0. The van der Waals surface area contributed by atoms with Gasteiger partial charge in [-0.05, 0) is 29.8 Å². The molecule has 0 aliphatic heterocycles. The maximum atomic E-state index is 6.13. The van der Waals surface area contributed by atoms with Gasteiger partial charge in [0.25, 0.3) is 0 Å². The van der Waals surface area contributed by atoms with Crippen LogP contribution < -0.4 is 16.2 Å². The molecule has 0 aliphatic rings. The summed E-state index contributed by atoms with van der Waals surface area (Å²) in [7, 11) is 0. The Morgan fingerprint density at radius 3 is 1.95 bits per heavy atom. The summed E-state index contributed by atoms with van der Waals surface area (Å²) in [5.41, 5.74) is 15.2. The Morgan fingerprint density at radius 2 is 1.19 bits per heavy atom. The lowest BCUT2D eigenvalue weighted by molar-refractivity contribution is 0.487. The normalized spacial score (nSPS) is 10.3. The van der Waals surface area contributed by atoms with E-state index in [1.165, 1.54) is 0 Å². The number of ether oxygens (including phenoxy) is 1. The minimum Gasteiger partial charge on any atom is -0.454 e. The van der Waals surface area contributed by atoms with Crippen LogP contribution >= 0.6 is 0 Å². The van der Waals surface area contributed by atoms with Crippen LogP contribution in [0.2, 0.25) is 0 Å². The van der Waals surface area contributed by atoms with Crippen LogP contribution in [-0.4, -0.2) is 0 Å². The lowest BCUT2D eigenvalue weighted by Gasteiger charge is -2.14. The molecule has 0 heterocycles. The molecular weight excluding hydrogens is 260 g/mol. The van der Waals surface area contributed by atoms with Crippen molar-refractivity contribution in [1.29, 1.82) is 0 Å². The Balaban J connectivity index is 2.08. The predicted octanol–water partition coefficient (Wildman–Crippen LogP) is 4.31. The van der Waals surface area contributed by atoms with Crippen LogP contribution in [-0.2, 0) is 0 Å². The third-order valence-electron chi connectivity index (χ3n) is 3.26. The van der Waals surface area contributed by atoms with Crippen molar-refractivity contribution in [2.75, 3.05) is 11.5 Å². The third kappa shape index (κ3) is 2.67. The van der Waals surface area contributed by atoms with E-state index in [2.05, 4.69) is 0 Å². The van der Waals surface area contributed by atoms with Crippen LogP contribution in [0.4, 0.5) is 11.4 Å². The number of rotatable bonds is 3. The first kappa shape index (κ1) is 13.1. The molecule has 0 saturated heterocycles. The highest BCUT2D eigenvalue weighted by Crippen LogP contribution is 2.38. The van der Waals surface area contributed by atoms with Crippen LogP contribution in [0.5, 0.6) is 11.5 Å². The van der Waals surface area contributed by atoms with E-state index in [9.17, 15) is 0 Å². The van der Waals surface area contributed by atoms with Crippen LogP contribution in [0.3, 0.4) is 0 Å². The smallest absolute Gasteiger partial charge is 0.150 e. The van der Waals surface area contributed by atoms with Crippen molar-refractivity contribution in [1.82, 2.24) is 0 Å². The van der Waals surface area contributed by atoms with Gasteiger partial charge in [-0.2, -0.15) is 0 Å². The SMILES string of the molecule is Nc1ccccc1Oc1cccc(N)c1-c1ccccc1. The number of para-hydroxylation sites is 2. The molecule has 0 aromatic heterocycles. The number of hydrogen-bond donors (Lipinski definition) is 2. The van der Waals surface area contributed by atoms with Gasteiger partial charge in [-0.1, -0.05) is 48.5 Å². The average Bonchev–Trinajstić information content (AvgIpc) is 2.51. The number of nitrogens with two attached hydrogens (primary N) is 2. The molecule has 0 atom stereocenters. The molecule has 0 fully saturated rings. The molecule has 3 aromatic carbocycles. The van der Waals surface area contributed by atoms with Gasteiger partial charge < -0.3 is 16.2 Å². The van der Waals surface area contributed by atoms with Gasteiger partial charge >= 0.3 is 0 Å². The van der Waals surface area contributed by atoms with Gasteiger partial charge in [0.15, 0.2) is 0 Å². The second-order valence-corrected chi connectivity index (χ2v) is 4.73. The fraction of sp³-hybridized carbons (Fsp3) is 0. The van der Waals surface area contributed by atoms with Gasteiger partial charge in [-0.3, -0.25) is 0 Å². The maximum Gasteiger partial charge on any atom is 0.150 e. The standard InChI is InChI=1S/C18H16N2O/c19-14-9-4-5-11-16(14)21-17-12-6-10-15(20)18(17)13-7-2-1-3-8-13/h1-12H,19-20H2. The van der Waals surface area contributed by atoms with E-state index in [-0.39, 0.29) is 0 Å². The van der Waals surface area contributed by atoms with Crippen molar-refractivity contribution >= 4 is 11.4 Å². The minimum atomic E-state index is 0.596. The topological polar surface area (TPSA) is 61.3 Å². The maximum absolute atomic E-state index is 6.13. The summed E-state index contributed by atoms with van der Waals surface area (Å²) in [4.78, 5) is 0. The van der Waals surface area contributed by atoms with Crippen molar-refractivity contribution in [3.8, 4) is 22.6 Å². The summed E-state index contributed by atoms with van der Waals surface area (Å²) in [5, 5.41) is 0. The molecule has 0 amide bonds. The number of nitrogen functional groups attached to an aromatic ring is 2. The summed E-state index contributed by atoms with van der Waals surface area (Å²) in [5.74, 6) is 1.32. The molecule has 3 aromatic rings. The molecule has 4 N–H and O–H groups in total. The van der Waals surface area contributed by atoms with Crippen molar-refractivity contribution in [3.63, 3.8) is 0 Å². The van der Waals surface area contributed by atoms with Gasteiger partial charge in [-0.15, -0.1) is 0 Å². The van der Waals surface area contributed by atoms with E-state index in [0.717, 1.165) is 11.1 Å². The van der Waals surface area contributed by atoms with Gasteiger partial charge in [0.2, 0.25) is 0 Å². The molecule has 21 heavy (non-hydrogen) atoms. The molecule has 104 valence electrons. The summed E-state index contributed by atoms with van der Waals surface area (Å²) in [6.45, 7) is 0. The number of anilines is 2. The van der Waals surface area contributed by atoms with E-state index < -0.39 is 0 Å². The van der Waals surface area contributed by atoms with Gasteiger partial charge in [0.1, 0.15) is 11.5 Å². The zero-order valence-electron chi connectivity index (χ0n) is 11.5. The van der Waals surface area contributed by atoms with E-state index in [4.69, 9.17) is 16.2 Å². The first-order valence-electron chi connectivity index (χ1n) is 6.72. The van der Waals surface area contributed by atoms with Crippen molar-refractivity contribution in [2.24, 2.45) is 0 Å². The second-order valence-electron chi connectivity index (χ2n) is 4.73. The van der Waals surface area contributed by atoms with E-state index in [1.807, 2.05) is 72.8 Å². The first-order chi connectivity index (χ1) is 10.3. The molecule has 3 rings (SSSR count). The average molecular weight is 276 g/mol. The van der Waals surface area contributed by atoms with Crippen molar-refractivity contribution in [3.05, 3.63) is 72.8 Å². The highest BCUT2D eigenvalue weighted by molar-refractivity contribution is 5.82. The summed E-state index contributed by atoms with van der Waals surface area (Å²) in [6, 6.07) is 23.0. The summed E-state index contributed by atoms with van der Waals surface area (Å²) < 4.78 is 5.97. The zero-order chi connectivity index (χ0) is 14.7. The minimum absolute atomic E-state index is 0.596.